The lowest BCUT2D eigenvalue weighted by Gasteiger charge is -2.36. The van der Waals surface area contributed by atoms with Crippen molar-refractivity contribution in [3.63, 3.8) is 0 Å². The topological polar surface area (TPSA) is 57.2 Å². The second-order valence-corrected chi connectivity index (χ2v) is 5.17. The molecule has 112 valence electrons. The van der Waals surface area contributed by atoms with E-state index >= 15 is 0 Å². The maximum Gasteiger partial charge on any atom is 0.197 e. The molecule has 2 rings (SSSR count). The molecule has 1 heterocycles. The Morgan fingerprint density at radius 1 is 1.05 bits per heavy atom. The Hall–Kier alpha value is -2.30. The number of anilines is 1. The van der Waals surface area contributed by atoms with E-state index in [1.54, 1.807) is 0 Å². The van der Waals surface area contributed by atoms with Crippen molar-refractivity contribution < 1.29 is 0 Å². The molecule has 0 saturated carbocycles. The monoisotopic (exact) mass is 285 g/mol. The van der Waals surface area contributed by atoms with Crippen LogP contribution in [0.1, 0.15) is 13.8 Å². The van der Waals surface area contributed by atoms with Crippen molar-refractivity contribution in [2.75, 3.05) is 31.1 Å². The second-order valence-electron chi connectivity index (χ2n) is 5.17. The zero-order valence-corrected chi connectivity index (χ0v) is 12.8. The number of para-hydroxylation sites is 1. The molecular formula is C16H23N5. The smallest absolute Gasteiger partial charge is 0.197 e. The summed E-state index contributed by atoms with van der Waals surface area (Å²) in [4.78, 5) is 13.0. The summed E-state index contributed by atoms with van der Waals surface area (Å²) in [6, 6.07) is 10.4. The third-order valence-corrected chi connectivity index (χ3v) is 3.35. The van der Waals surface area contributed by atoms with Gasteiger partial charge in [-0.05, 0) is 26.0 Å². The lowest BCUT2D eigenvalue weighted by molar-refractivity contribution is 0.382. The Morgan fingerprint density at radius 2 is 1.67 bits per heavy atom. The lowest BCUT2D eigenvalue weighted by Crippen LogP contribution is -2.51. The standard InChI is InChI=1S/C16H23N5/c1-13(2)18-14(3)19-16(17)21-11-9-20(10-12-21)15-7-5-4-6-8-15/h4-8H,1,9-12H2,2-3H3,(H2,17,18,19). The van der Waals surface area contributed by atoms with Crippen molar-refractivity contribution in [2.45, 2.75) is 13.8 Å². The molecule has 1 aliphatic rings. The lowest BCUT2D eigenvalue weighted by atomic mass is 10.2. The molecule has 1 aromatic carbocycles. The van der Waals surface area contributed by atoms with Gasteiger partial charge in [0.15, 0.2) is 5.96 Å². The number of benzene rings is 1. The minimum absolute atomic E-state index is 0.533. The third-order valence-electron chi connectivity index (χ3n) is 3.35. The predicted octanol–water partition coefficient (Wildman–Crippen LogP) is 2.08. The van der Waals surface area contributed by atoms with Gasteiger partial charge in [-0.1, -0.05) is 24.8 Å². The first kappa shape index (κ1) is 15.1. The summed E-state index contributed by atoms with van der Waals surface area (Å²) in [5.41, 5.74) is 8.05. The van der Waals surface area contributed by atoms with Crippen LogP contribution in [0.3, 0.4) is 0 Å². The Kier molecular flexibility index (Phi) is 4.98. The van der Waals surface area contributed by atoms with Crippen molar-refractivity contribution in [1.29, 1.82) is 0 Å². The van der Waals surface area contributed by atoms with E-state index in [-0.39, 0.29) is 0 Å². The molecule has 1 aliphatic heterocycles. The van der Waals surface area contributed by atoms with E-state index in [4.69, 9.17) is 5.73 Å². The van der Waals surface area contributed by atoms with Crippen molar-refractivity contribution in [2.24, 2.45) is 15.7 Å². The van der Waals surface area contributed by atoms with Crippen molar-refractivity contribution in [1.82, 2.24) is 4.90 Å². The highest BCUT2D eigenvalue weighted by molar-refractivity contribution is 5.94. The first-order chi connectivity index (χ1) is 10.1. The van der Waals surface area contributed by atoms with E-state index < -0.39 is 0 Å². The molecule has 2 N–H and O–H groups in total. The van der Waals surface area contributed by atoms with E-state index in [1.807, 2.05) is 19.9 Å². The maximum absolute atomic E-state index is 6.06. The molecule has 0 spiro atoms. The average Bonchev–Trinajstić information content (AvgIpc) is 2.47. The fourth-order valence-corrected chi connectivity index (χ4v) is 2.37. The van der Waals surface area contributed by atoms with Gasteiger partial charge in [0, 0.05) is 37.6 Å². The van der Waals surface area contributed by atoms with Crippen LogP contribution in [0.15, 0.2) is 52.6 Å². The number of rotatable bonds is 2. The van der Waals surface area contributed by atoms with Crippen LogP contribution in [0.4, 0.5) is 5.69 Å². The van der Waals surface area contributed by atoms with Crippen LogP contribution in [-0.4, -0.2) is 42.9 Å². The second kappa shape index (κ2) is 6.92. The summed E-state index contributed by atoms with van der Waals surface area (Å²) in [6.07, 6.45) is 0. The first-order valence-corrected chi connectivity index (χ1v) is 7.16. The van der Waals surface area contributed by atoms with Gasteiger partial charge in [0.25, 0.3) is 0 Å². The molecule has 1 aromatic rings. The SMILES string of the molecule is C=C(C)N=C(C)N=C(N)N1CCN(c2ccccc2)CC1. The summed E-state index contributed by atoms with van der Waals surface area (Å²) in [5, 5.41) is 0. The van der Waals surface area contributed by atoms with Gasteiger partial charge in [-0.2, -0.15) is 0 Å². The molecule has 0 radical (unpaired) electrons. The third kappa shape index (κ3) is 4.34. The molecule has 0 bridgehead atoms. The van der Waals surface area contributed by atoms with Gasteiger partial charge in [-0.15, -0.1) is 0 Å². The number of guanidine groups is 1. The van der Waals surface area contributed by atoms with Crippen LogP contribution < -0.4 is 10.6 Å². The molecule has 0 aromatic heterocycles. The molecule has 1 fully saturated rings. The van der Waals surface area contributed by atoms with Crippen LogP contribution in [0, 0.1) is 0 Å². The molecule has 5 heteroatoms. The first-order valence-electron chi connectivity index (χ1n) is 7.16. The Morgan fingerprint density at radius 3 is 2.24 bits per heavy atom. The van der Waals surface area contributed by atoms with Gasteiger partial charge in [0.1, 0.15) is 5.84 Å². The largest absolute Gasteiger partial charge is 0.369 e. The molecular weight excluding hydrogens is 262 g/mol. The summed E-state index contributed by atoms with van der Waals surface area (Å²) < 4.78 is 0. The van der Waals surface area contributed by atoms with Crippen LogP contribution in [-0.2, 0) is 0 Å². The van der Waals surface area contributed by atoms with Crippen molar-refractivity contribution in [3.8, 4) is 0 Å². The highest BCUT2D eigenvalue weighted by Gasteiger charge is 2.18. The summed E-state index contributed by atoms with van der Waals surface area (Å²) in [7, 11) is 0. The number of allylic oxidation sites excluding steroid dienone is 1. The van der Waals surface area contributed by atoms with Crippen molar-refractivity contribution >= 4 is 17.5 Å². The maximum atomic E-state index is 6.06. The zero-order valence-electron chi connectivity index (χ0n) is 12.8. The van der Waals surface area contributed by atoms with Crippen molar-refractivity contribution in [3.05, 3.63) is 42.6 Å². The van der Waals surface area contributed by atoms with Crippen LogP contribution in [0.5, 0.6) is 0 Å². The van der Waals surface area contributed by atoms with Gasteiger partial charge >= 0.3 is 0 Å². The molecule has 0 amide bonds. The van der Waals surface area contributed by atoms with Gasteiger partial charge in [0.05, 0.1) is 0 Å². The summed E-state index contributed by atoms with van der Waals surface area (Å²) in [6.45, 7) is 11.0. The molecule has 0 atom stereocenters. The average molecular weight is 285 g/mol. The van der Waals surface area contributed by atoms with Gasteiger partial charge in [0.2, 0.25) is 0 Å². The number of aliphatic imine (C=N–C) groups is 2. The summed E-state index contributed by atoms with van der Waals surface area (Å²) in [5.74, 6) is 1.18. The minimum atomic E-state index is 0.533. The fraction of sp³-hybridized carbons (Fsp3) is 0.375. The summed E-state index contributed by atoms with van der Waals surface area (Å²) >= 11 is 0. The molecule has 0 unspecified atom stereocenters. The van der Waals surface area contributed by atoms with Crippen LogP contribution in [0.2, 0.25) is 0 Å². The number of hydrogen-bond donors (Lipinski definition) is 1. The van der Waals surface area contributed by atoms with Crippen LogP contribution in [0.25, 0.3) is 0 Å². The van der Waals surface area contributed by atoms with E-state index in [2.05, 4.69) is 50.6 Å². The number of piperazine rings is 1. The van der Waals surface area contributed by atoms with Gasteiger partial charge in [-0.25, -0.2) is 9.98 Å². The normalized spacial score (nSPS) is 17.0. The number of hydrogen-bond acceptors (Lipinski definition) is 2. The number of amidine groups is 1. The molecule has 21 heavy (non-hydrogen) atoms. The predicted molar refractivity (Wildman–Crippen MR) is 89.8 cm³/mol. The van der Waals surface area contributed by atoms with Gasteiger partial charge in [-0.3, -0.25) is 0 Å². The highest BCUT2D eigenvalue weighted by Crippen LogP contribution is 2.15. The van der Waals surface area contributed by atoms with E-state index in [1.165, 1.54) is 5.69 Å². The number of nitrogens with two attached hydrogens (primary N) is 1. The Balaban J connectivity index is 1.95. The van der Waals surface area contributed by atoms with E-state index in [0.29, 0.717) is 11.8 Å². The van der Waals surface area contributed by atoms with E-state index in [9.17, 15) is 0 Å². The molecule has 1 saturated heterocycles. The highest BCUT2D eigenvalue weighted by atomic mass is 15.3. The minimum Gasteiger partial charge on any atom is -0.369 e. The van der Waals surface area contributed by atoms with Gasteiger partial charge < -0.3 is 15.5 Å². The quantitative estimate of drug-likeness (QED) is 0.668. The van der Waals surface area contributed by atoms with Crippen LogP contribution >= 0.6 is 0 Å². The Bertz CT molecular complexity index is 539. The number of nitrogens with zero attached hydrogens (tertiary/aromatic N) is 4. The Labute approximate surface area is 126 Å². The molecule has 0 aliphatic carbocycles. The van der Waals surface area contributed by atoms with E-state index in [0.717, 1.165) is 31.9 Å². The zero-order chi connectivity index (χ0) is 15.2. The molecule has 5 nitrogen and oxygen atoms in total. The fourth-order valence-electron chi connectivity index (χ4n) is 2.37.